The van der Waals surface area contributed by atoms with Crippen molar-refractivity contribution < 1.29 is 9.53 Å². The van der Waals surface area contributed by atoms with Crippen LogP contribution in [-0.4, -0.2) is 12.1 Å². The van der Waals surface area contributed by atoms with Gasteiger partial charge in [0.15, 0.2) is 0 Å². The molecule has 2 rings (SSSR count). The van der Waals surface area contributed by atoms with Crippen LogP contribution in [0.1, 0.15) is 147 Å². The number of hydrogen-bond donors (Lipinski definition) is 0. The van der Waals surface area contributed by atoms with Gasteiger partial charge in [-0.1, -0.05) is 109 Å². The molecule has 2 fully saturated rings. The molecular formula is C25H58O2. The van der Waals surface area contributed by atoms with Gasteiger partial charge in [-0.25, -0.2) is 0 Å². The minimum absolute atomic E-state index is 0.0987. The largest absolute Gasteiger partial charge is 0.462 e. The Morgan fingerprint density at radius 3 is 1.15 bits per heavy atom. The Hall–Kier alpha value is -0.530. The smallest absolute Gasteiger partial charge is 0.309 e. The lowest BCUT2D eigenvalue weighted by molar-refractivity contribution is -0.156. The van der Waals surface area contributed by atoms with Gasteiger partial charge in [0.25, 0.3) is 0 Å². The lowest BCUT2D eigenvalue weighted by Crippen LogP contribution is -2.27. The Balaban J connectivity index is -0.000000115. The summed E-state index contributed by atoms with van der Waals surface area (Å²) in [5, 5.41) is 0. The van der Waals surface area contributed by atoms with E-state index in [9.17, 15) is 4.79 Å². The zero-order chi connectivity index (χ0) is 22.5. The van der Waals surface area contributed by atoms with Gasteiger partial charge in [-0.15, -0.1) is 0 Å². The van der Waals surface area contributed by atoms with E-state index in [1.165, 1.54) is 38.5 Å². The average Bonchev–Trinajstić information content (AvgIpc) is 2.83. The van der Waals surface area contributed by atoms with Crippen LogP contribution in [0.2, 0.25) is 0 Å². The molecule has 0 unspecified atom stereocenters. The van der Waals surface area contributed by atoms with Crippen molar-refractivity contribution in [3.05, 3.63) is 0 Å². The summed E-state index contributed by atoms with van der Waals surface area (Å²) < 4.78 is 5.59. The molecule has 0 atom stereocenters. The molecule has 2 nitrogen and oxygen atoms in total. The summed E-state index contributed by atoms with van der Waals surface area (Å²) in [7, 11) is 0. The van der Waals surface area contributed by atoms with Crippen LogP contribution in [0.4, 0.5) is 0 Å². The molecule has 170 valence electrons. The molecule has 0 radical (unpaired) electrons. The zero-order valence-electron chi connectivity index (χ0n) is 21.5. The Bertz CT molecular complexity index is 202. The van der Waals surface area contributed by atoms with Crippen molar-refractivity contribution in [3.63, 3.8) is 0 Å². The molecule has 27 heavy (non-hydrogen) atoms. The fraction of sp³-hybridized carbons (Fsp3) is 0.960. The van der Waals surface area contributed by atoms with E-state index in [1.54, 1.807) is 0 Å². The zero-order valence-corrected chi connectivity index (χ0v) is 21.5. The van der Waals surface area contributed by atoms with E-state index in [-0.39, 0.29) is 18.0 Å². The van der Waals surface area contributed by atoms with Gasteiger partial charge in [0.1, 0.15) is 6.10 Å². The van der Waals surface area contributed by atoms with Crippen molar-refractivity contribution in [1.29, 1.82) is 0 Å². The molecule has 0 spiro atoms. The SMILES string of the molecule is CC.CC.CC.CC.CC.CC.O=C(OC1CCCCC1)C1CCCCC1. The van der Waals surface area contributed by atoms with Crippen molar-refractivity contribution in [2.45, 2.75) is 153 Å². The van der Waals surface area contributed by atoms with Crippen LogP contribution in [0, 0.1) is 5.92 Å². The third kappa shape index (κ3) is 25.5. The molecule has 2 aliphatic rings. The molecule has 0 amide bonds. The number of hydrogen-bond acceptors (Lipinski definition) is 2. The molecule has 0 aliphatic heterocycles. The van der Waals surface area contributed by atoms with E-state index in [0.717, 1.165) is 25.7 Å². The summed E-state index contributed by atoms with van der Waals surface area (Å²) in [4.78, 5) is 11.8. The van der Waals surface area contributed by atoms with Crippen LogP contribution in [0.25, 0.3) is 0 Å². The third-order valence-electron chi connectivity index (χ3n) is 3.77. The summed E-state index contributed by atoms with van der Waals surface area (Å²) in [5.74, 6) is 0.322. The number of carbonyl (C=O) groups excluding carboxylic acids is 1. The van der Waals surface area contributed by atoms with Gasteiger partial charge in [-0.3, -0.25) is 4.79 Å². The molecule has 2 heteroatoms. The van der Waals surface area contributed by atoms with Gasteiger partial charge in [-0.05, 0) is 38.5 Å². The standard InChI is InChI=1S/C13H22O2.6C2H6/c14-13(11-7-3-1-4-8-11)15-12-9-5-2-6-10-12;6*1-2/h11-12H,1-10H2;6*1-2H3. The van der Waals surface area contributed by atoms with Crippen LogP contribution in [0.5, 0.6) is 0 Å². The first-order valence-corrected chi connectivity index (χ1v) is 12.6. The van der Waals surface area contributed by atoms with E-state index in [4.69, 9.17) is 4.74 Å². The average molecular weight is 391 g/mol. The van der Waals surface area contributed by atoms with Crippen molar-refractivity contribution in [3.8, 4) is 0 Å². The van der Waals surface area contributed by atoms with Crippen molar-refractivity contribution >= 4 is 5.97 Å². The number of esters is 1. The molecule has 0 heterocycles. The second-order valence-electron chi connectivity index (χ2n) is 5.03. The topological polar surface area (TPSA) is 26.3 Å². The first kappa shape index (κ1) is 37.3. The van der Waals surface area contributed by atoms with Gasteiger partial charge in [0, 0.05) is 0 Å². The molecule has 0 aromatic heterocycles. The summed E-state index contributed by atoms with van der Waals surface area (Å²) in [6.45, 7) is 24.0. The monoisotopic (exact) mass is 390 g/mol. The molecule has 2 saturated carbocycles. The highest BCUT2D eigenvalue weighted by Gasteiger charge is 2.25. The van der Waals surface area contributed by atoms with Crippen LogP contribution >= 0.6 is 0 Å². The predicted octanol–water partition coefficient (Wildman–Crippen LogP) is 9.60. The van der Waals surface area contributed by atoms with E-state index in [0.29, 0.717) is 0 Å². The van der Waals surface area contributed by atoms with E-state index in [2.05, 4.69) is 0 Å². The molecule has 0 bridgehead atoms. The van der Waals surface area contributed by atoms with Crippen molar-refractivity contribution in [2.24, 2.45) is 5.92 Å². The highest BCUT2D eigenvalue weighted by molar-refractivity contribution is 5.72. The fourth-order valence-corrected chi connectivity index (χ4v) is 2.78. The Morgan fingerprint density at radius 1 is 0.519 bits per heavy atom. The normalized spacial score (nSPS) is 15.3. The summed E-state index contributed by atoms with van der Waals surface area (Å²) in [6.07, 6.45) is 12.1. The molecule has 0 aromatic rings. The van der Waals surface area contributed by atoms with Crippen molar-refractivity contribution in [1.82, 2.24) is 0 Å². The maximum absolute atomic E-state index is 11.8. The first-order valence-electron chi connectivity index (χ1n) is 12.6. The Labute approximate surface area is 175 Å². The number of rotatable bonds is 2. The van der Waals surface area contributed by atoms with Crippen LogP contribution in [0.3, 0.4) is 0 Å². The van der Waals surface area contributed by atoms with Crippen LogP contribution in [0.15, 0.2) is 0 Å². The number of carbonyl (C=O) groups is 1. The second kappa shape index (κ2) is 40.2. The minimum atomic E-state index is 0.0987. The minimum Gasteiger partial charge on any atom is -0.462 e. The summed E-state index contributed by atoms with van der Waals surface area (Å²) in [6, 6.07) is 0. The summed E-state index contributed by atoms with van der Waals surface area (Å²) >= 11 is 0. The van der Waals surface area contributed by atoms with Crippen molar-refractivity contribution in [2.75, 3.05) is 0 Å². The lowest BCUT2D eigenvalue weighted by atomic mass is 9.89. The highest BCUT2D eigenvalue weighted by atomic mass is 16.5. The van der Waals surface area contributed by atoms with Crippen LogP contribution < -0.4 is 0 Å². The maximum Gasteiger partial charge on any atom is 0.309 e. The van der Waals surface area contributed by atoms with E-state index >= 15 is 0 Å². The Kier molecular flexibility index (Phi) is 55.5. The van der Waals surface area contributed by atoms with Crippen LogP contribution in [-0.2, 0) is 9.53 Å². The molecule has 0 saturated heterocycles. The predicted molar refractivity (Wildman–Crippen MR) is 128 cm³/mol. The number of ether oxygens (including phenoxy) is 1. The van der Waals surface area contributed by atoms with Gasteiger partial charge >= 0.3 is 5.97 Å². The molecule has 0 aromatic carbocycles. The molecule has 0 N–H and O–H groups in total. The second-order valence-corrected chi connectivity index (χ2v) is 5.03. The maximum atomic E-state index is 11.8. The first-order chi connectivity index (χ1) is 13.4. The highest BCUT2D eigenvalue weighted by Crippen LogP contribution is 2.27. The van der Waals surface area contributed by atoms with E-state index in [1.807, 2.05) is 83.1 Å². The lowest BCUT2D eigenvalue weighted by Gasteiger charge is -2.26. The van der Waals surface area contributed by atoms with Gasteiger partial charge < -0.3 is 4.74 Å². The van der Waals surface area contributed by atoms with Gasteiger partial charge in [-0.2, -0.15) is 0 Å². The molecular weight excluding hydrogens is 332 g/mol. The quantitative estimate of drug-likeness (QED) is 0.438. The van der Waals surface area contributed by atoms with E-state index < -0.39 is 0 Å². The Morgan fingerprint density at radius 2 is 0.815 bits per heavy atom. The molecule has 2 aliphatic carbocycles. The fourth-order valence-electron chi connectivity index (χ4n) is 2.78. The summed E-state index contributed by atoms with van der Waals surface area (Å²) in [5.41, 5.74) is 0. The van der Waals surface area contributed by atoms with Gasteiger partial charge in [0.05, 0.1) is 5.92 Å². The third-order valence-corrected chi connectivity index (χ3v) is 3.77. The van der Waals surface area contributed by atoms with Gasteiger partial charge in [0.2, 0.25) is 0 Å².